The Hall–Kier alpha value is -3.97. The van der Waals surface area contributed by atoms with Crippen molar-refractivity contribution in [1.29, 1.82) is 0 Å². The smallest absolute Gasteiger partial charge is 0.270 e. The fraction of sp³-hybridized carbons (Fsp3) is 0.367. The van der Waals surface area contributed by atoms with Crippen molar-refractivity contribution in [3.05, 3.63) is 64.5 Å². The zero-order chi connectivity index (χ0) is 31.9. The minimum atomic E-state index is -4.36. The summed E-state index contributed by atoms with van der Waals surface area (Å²) in [5, 5.41) is 11.2. The normalized spacial score (nSPS) is 12.7. The number of methoxy groups -OCH3 is 2. The highest BCUT2D eigenvalue weighted by Crippen LogP contribution is 2.34. The van der Waals surface area contributed by atoms with E-state index in [4.69, 9.17) is 14.2 Å². The highest BCUT2D eigenvalue weighted by Gasteiger charge is 2.31. The van der Waals surface area contributed by atoms with E-state index >= 15 is 0 Å². The lowest BCUT2D eigenvalue weighted by Crippen LogP contribution is -2.42. The summed E-state index contributed by atoms with van der Waals surface area (Å²) in [6.07, 6.45) is 1.62. The predicted octanol–water partition coefficient (Wildman–Crippen LogP) is 3.38. The average molecular weight is 629 g/mol. The average Bonchev–Trinajstić information content (AvgIpc) is 3.33. The van der Waals surface area contributed by atoms with Gasteiger partial charge in [0.2, 0.25) is 5.16 Å². The molecular formula is C30H34N3O8S2-. The lowest BCUT2D eigenvalue weighted by atomic mass is 9.95. The van der Waals surface area contributed by atoms with E-state index in [-0.39, 0.29) is 33.4 Å². The first-order chi connectivity index (χ1) is 20.1. The Kier molecular flexibility index (Phi) is 8.89. The van der Waals surface area contributed by atoms with Crippen LogP contribution in [0.15, 0.2) is 46.6 Å². The number of aromatic nitrogens is 3. The van der Waals surface area contributed by atoms with Crippen molar-refractivity contribution in [2.45, 2.75) is 57.3 Å². The second kappa shape index (κ2) is 12.0. The Morgan fingerprint density at radius 3 is 2.23 bits per heavy atom. The van der Waals surface area contributed by atoms with Gasteiger partial charge >= 0.3 is 0 Å². The van der Waals surface area contributed by atoms with Crippen LogP contribution in [0.25, 0.3) is 11.0 Å². The van der Waals surface area contributed by atoms with Crippen LogP contribution in [0.2, 0.25) is 0 Å². The van der Waals surface area contributed by atoms with E-state index in [0.29, 0.717) is 39.6 Å². The number of ether oxygens (including phenoxy) is 3. The first kappa shape index (κ1) is 32.0. The van der Waals surface area contributed by atoms with Crippen LogP contribution < -0.4 is 19.3 Å². The lowest BCUT2D eigenvalue weighted by Gasteiger charge is -2.26. The predicted molar refractivity (Wildman–Crippen MR) is 159 cm³/mol. The number of pyridine rings is 1. The van der Waals surface area contributed by atoms with Crippen molar-refractivity contribution in [1.82, 2.24) is 13.9 Å². The Morgan fingerprint density at radius 1 is 1.00 bits per heavy atom. The molecule has 2 aromatic carbocycles. The standard InChI is InChI=1S/C30H35N3O8S2/c1-17-11-22(41-16-30(5,6)28(34)35)12-18(2)27(17)43(37,38)33-25-10-9-21(39-7)13-23(25)32-29(33)42(36)15-24-20(4)26(40-8)19(3)14-31-24/h9-14H,15-16H2,1-8H3,(H,34,35)/p-1. The number of imidazole rings is 1. The van der Waals surface area contributed by atoms with Gasteiger partial charge in [0, 0.05) is 28.8 Å². The maximum Gasteiger partial charge on any atom is 0.270 e. The van der Waals surface area contributed by atoms with Crippen LogP contribution >= 0.6 is 0 Å². The van der Waals surface area contributed by atoms with Crippen LogP contribution in [0.5, 0.6) is 17.2 Å². The Bertz CT molecular complexity index is 1840. The number of carboxylic acids is 1. The highest BCUT2D eigenvalue weighted by atomic mass is 32.2. The summed E-state index contributed by atoms with van der Waals surface area (Å²) in [5.41, 5.74) is 1.98. The number of benzene rings is 2. The molecule has 0 amide bonds. The van der Waals surface area contributed by atoms with Crippen LogP contribution in [0.4, 0.5) is 0 Å². The van der Waals surface area contributed by atoms with Gasteiger partial charge < -0.3 is 24.1 Å². The van der Waals surface area contributed by atoms with Gasteiger partial charge in [-0.1, -0.05) is 13.8 Å². The molecule has 230 valence electrons. The maximum absolute atomic E-state index is 14.4. The van der Waals surface area contributed by atoms with Gasteiger partial charge in [0.15, 0.2) is 0 Å². The van der Waals surface area contributed by atoms with Crippen molar-refractivity contribution >= 4 is 37.8 Å². The second-order valence-electron chi connectivity index (χ2n) is 10.9. The second-order valence-corrected chi connectivity index (χ2v) is 14.0. The lowest BCUT2D eigenvalue weighted by molar-refractivity contribution is -0.318. The van der Waals surface area contributed by atoms with Crippen molar-refractivity contribution in [2.75, 3.05) is 20.8 Å². The highest BCUT2D eigenvalue weighted by molar-refractivity contribution is 7.91. The topological polar surface area (TPSA) is 150 Å². The minimum Gasteiger partial charge on any atom is -0.549 e. The number of rotatable bonds is 11. The number of hydrogen-bond donors (Lipinski definition) is 0. The van der Waals surface area contributed by atoms with Crippen molar-refractivity contribution < 1.29 is 36.7 Å². The van der Waals surface area contributed by atoms with E-state index in [2.05, 4.69) is 9.97 Å². The molecule has 11 nitrogen and oxygen atoms in total. The molecule has 0 aliphatic carbocycles. The largest absolute Gasteiger partial charge is 0.549 e. The first-order valence-corrected chi connectivity index (χ1v) is 16.0. The number of fused-ring (bicyclic) bond motifs is 1. The zero-order valence-corrected chi connectivity index (χ0v) is 26.9. The van der Waals surface area contributed by atoms with Crippen LogP contribution in [0, 0.1) is 33.1 Å². The van der Waals surface area contributed by atoms with Crippen molar-refractivity contribution in [2.24, 2.45) is 5.41 Å². The van der Waals surface area contributed by atoms with Gasteiger partial charge in [0.25, 0.3) is 10.0 Å². The third-order valence-electron chi connectivity index (χ3n) is 7.10. The number of aliphatic carboxylic acids is 1. The van der Waals surface area contributed by atoms with Gasteiger partial charge in [0.05, 0.1) is 65.0 Å². The van der Waals surface area contributed by atoms with Crippen molar-refractivity contribution in [3.8, 4) is 17.2 Å². The molecule has 2 heterocycles. The van der Waals surface area contributed by atoms with E-state index in [1.807, 2.05) is 6.92 Å². The number of aryl methyl sites for hydroxylation is 3. The molecule has 13 heteroatoms. The van der Waals surface area contributed by atoms with E-state index in [0.717, 1.165) is 9.54 Å². The van der Waals surface area contributed by atoms with Gasteiger partial charge in [0.1, 0.15) is 17.2 Å². The molecule has 1 atom stereocenters. The van der Waals surface area contributed by atoms with Gasteiger partial charge in [-0.15, -0.1) is 0 Å². The molecule has 0 bridgehead atoms. The van der Waals surface area contributed by atoms with Crippen LogP contribution in [-0.4, -0.2) is 53.4 Å². The number of nitrogens with zero attached hydrogens (tertiary/aromatic N) is 3. The van der Waals surface area contributed by atoms with E-state index in [1.54, 1.807) is 52.3 Å². The Labute approximate surface area is 253 Å². The molecule has 0 aliphatic heterocycles. The molecule has 0 saturated heterocycles. The quantitative estimate of drug-likeness (QED) is 0.242. The molecule has 4 rings (SSSR count). The SMILES string of the molecule is COc1ccc2c(c1)nc(S(=O)Cc1ncc(C)c(OC)c1C)n2S(=O)(=O)c1c(C)cc(OCC(C)(C)C(=O)[O-])cc1C. The molecule has 0 fully saturated rings. The fourth-order valence-corrected chi connectivity index (χ4v) is 8.21. The molecule has 2 aromatic heterocycles. The number of carbonyl (C=O) groups is 1. The molecule has 43 heavy (non-hydrogen) atoms. The molecule has 0 N–H and O–H groups in total. The minimum absolute atomic E-state index is 0.0151. The monoisotopic (exact) mass is 628 g/mol. The van der Waals surface area contributed by atoms with Gasteiger partial charge in [-0.3, -0.25) is 9.19 Å². The molecule has 0 spiro atoms. The zero-order valence-electron chi connectivity index (χ0n) is 25.3. The van der Waals surface area contributed by atoms with E-state index in [1.165, 1.54) is 33.1 Å². The molecule has 0 radical (unpaired) electrons. The summed E-state index contributed by atoms with van der Waals surface area (Å²) in [5.74, 6) is 0.0172. The third kappa shape index (κ3) is 6.09. The summed E-state index contributed by atoms with van der Waals surface area (Å²) in [7, 11) is -3.27. The van der Waals surface area contributed by atoms with Crippen LogP contribution in [0.1, 0.15) is 41.8 Å². The number of carboxylic acid groups (broad SMARTS) is 1. The third-order valence-corrected chi connectivity index (χ3v) is 10.4. The van der Waals surface area contributed by atoms with Gasteiger partial charge in [-0.05, 0) is 63.1 Å². The van der Waals surface area contributed by atoms with Gasteiger partial charge in [-0.2, -0.15) is 0 Å². The Morgan fingerprint density at radius 2 is 1.65 bits per heavy atom. The summed E-state index contributed by atoms with van der Waals surface area (Å²) >= 11 is 0. The number of hydrogen-bond acceptors (Lipinski definition) is 10. The van der Waals surface area contributed by atoms with Gasteiger partial charge in [-0.25, -0.2) is 17.4 Å². The Balaban J connectivity index is 1.84. The maximum atomic E-state index is 14.4. The van der Waals surface area contributed by atoms with Crippen LogP contribution in [0.3, 0.4) is 0 Å². The van der Waals surface area contributed by atoms with Crippen molar-refractivity contribution in [3.63, 3.8) is 0 Å². The van der Waals surface area contributed by atoms with E-state index in [9.17, 15) is 22.5 Å². The van der Waals surface area contributed by atoms with Crippen LogP contribution in [-0.2, 0) is 31.4 Å². The molecule has 1 unspecified atom stereocenters. The first-order valence-electron chi connectivity index (χ1n) is 13.3. The van der Waals surface area contributed by atoms with E-state index < -0.39 is 32.2 Å². The summed E-state index contributed by atoms with van der Waals surface area (Å²) < 4.78 is 60.2. The summed E-state index contributed by atoms with van der Waals surface area (Å²) in [6, 6.07) is 7.79. The fourth-order valence-electron chi connectivity index (χ4n) is 4.74. The molecule has 0 aliphatic rings. The molecule has 4 aromatic rings. The summed E-state index contributed by atoms with van der Waals surface area (Å²) in [4.78, 5) is 20.3. The molecule has 0 saturated carbocycles. The number of carbonyl (C=O) groups excluding carboxylic acids is 1. The molecular weight excluding hydrogens is 594 g/mol. The summed E-state index contributed by atoms with van der Waals surface area (Å²) in [6.45, 7) is 9.67.